The monoisotopic (exact) mass is 350 g/mol. The smallest absolute Gasteiger partial charge is 0.321 e. The highest BCUT2D eigenvalue weighted by Crippen LogP contribution is 2.17. The van der Waals surface area contributed by atoms with Crippen LogP contribution in [-0.2, 0) is 6.54 Å². The van der Waals surface area contributed by atoms with Crippen molar-refractivity contribution in [1.82, 2.24) is 14.8 Å². The predicted octanol–water partition coefficient (Wildman–Crippen LogP) is 3.49. The first-order valence-corrected chi connectivity index (χ1v) is 8.87. The fourth-order valence-electron chi connectivity index (χ4n) is 3.13. The number of fused-ring (bicyclic) bond motifs is 1. The minimum atomic E-state index is -0.0460. The number of amides is 2. The molecule has 2 amide bonds. The summed E-state index contributed by atoms with van der Waals surface area (Å²) in [6, 6.07) is 15.6. The van der Waals surface area contributed by atoms with Crippen molar-refractivity contribution in [2.75, 3.05) is 31.5 Å². The van der Waals surface area contributed by atoms with Gasteiger partial charge in [-0.05, 0) is 31.2 Å². The standard InChI is InChI=1S/C20H22N4O2/c1-15-6-8-16(9-7-15)21-20(25)24-12-10-23(11-13-24)14-19-22-17-4-2-3-5-18(17)26-19/h2-9H,10-14H2,1H3,(H,21,25). The number of benzene rings is 2. The summed E-state index contributed by atoms with van der Waals surface area (Å²) in [5.74, 6) is 0.726. The van der Waals surface area contributed by atoms with E-state index in [-0.39, 0.29) is 6.03 Å². The summed E-state index contributed by atoms with van der Waals surface area (Å²) in [7, 11) is 0. The first-order chi connectivity index (χ1) is 12.7. The van der Waals surface area contributed by atoms with Gasteiger partial charge in [-0.1, -0.05) is 29.8 Å². The molecule has 2 heterocycles. The molecule has 6 heteroatoms. The Morgan fingerprint density at radius 2 is 1.81 bits per heavy atom. The molecule has 4 rings (SSSR count). The van der Waals surface area contributed by atoms with E-state index in [0.29, 0.717) is 19.6 Å². The van der Waals surface area contributed by atoms with E-state index in [0.717, 1.165) is 35.8 Å². The number of oxazole rings is 1. The molecule has 2 aromatic carbocycles. The number of carbonyl (C=O) groups is 1. The Bertz CT molecular complexity index is 863. The molecule has 0 atom stereocenters. The lowest BCUT2D eigenvalue weighted by molar-refractivity contribution is 0.136. The molecule has 1 saturated heterocycles. The van der Waals surface area contributed by atoms with Crippen LogP contribution in [-0.4, -0.2) is 47.0 Å². The fraction of sp³-hybridized carbons (Fsp3) is 0.300. The first kappa shape index (κ1) is 16.6. The molecule has 1 aromatic heterocycles. The van der Waals surface area contributed by atoms with Crippen LogP contribution in [0.5, 0.6) is 0 Å². The molecule has 0 spiro atoms. The first-order valence-electron chi connectivity index (χ1n) is 8.87. The molecule has 6 nitrogen and oxygen atoms in total. The summed E-state index contributed by atoms with van der Waals surface area (Å²) in [6.07, 6.45) is 0. The fourth-order valence-corrected chi connectivity index (χ4v) is 3.13. The van der Waals surface area contributed by atoms with Crippen molar-refractivity contribution in [3.63, 3.8) is 0 Å². The molecule has 0 saturated carbocycles. The van der Waals surface area contributed by atoms with Gasteiger partial charge in [-0.3, -0.25) is 4.90 Å². The van der Waals surface area contributed by atoms with Crippen LogP contribution in [0.1, 0.15) is 11.5 Å². The van der Waals surface area contributed by atoms with E-state index in [2.05, 4.69) is 15.2 Å². The highest BCUT2D eigenvalue weighted by Gasteiger charge is 2.22. The Balaban J connectivity index is 1.30. The van der Waals surface area contributed by atoms with Gasteiger partial charge in [0.05, 0.1) is 6.54 Å². The normalized spacial score (nSPS) is 15.3. The van der Waals surface area contributed by atoms with Gasteiger partial charge < -0.3 is 14.6 Å². The summed E-state index contributed by atoms with van der Waals surface area (Å²) in [4.78, 5) is 21.0. The topological polar surface area (TPSA) is 61.6 Å². The number of hydrogen-bond acceptors (Lipinski definition) is 4. The van der Waals surface area contributed by atoms with Crippen LogP contribution in [0.15, 0.2) is 52.9 Å². The second-order valence-corrected chi connectivity index (χ2v) is 6.63. The second kappa shape index (κ2) is 7.17. The lowest BCUT2D eigenvalue weighted by Crippen LogP contribution is -2.49. The van der Waals surface area contributed by atoms with Crippen LogP contribution < -0.4 is 5.32 Å². The molecular weight excluding hydrogens is 328 g/mol. The zero-order valence-corrected chi connectivity index (χ0v) is 14.8. The van der Waals surface area contributed by atoms with E-state index >= 15 is 0 Å². The quantitative estimate of drug-likeness (QED) is 0.785. The van der Waals surface area contributed by atoms with Crippen molar-refractivity contribution < 1.29 is 9.21 Å². The highest BCUT2D eigenvalue weighted by atomic mass is 16.3. The Labute approximate surface area is 152 Å². The maximum Gasteiger partial charge on any atom is 0.321 e. The highest BCUT2D eigenvalue weighted by molar-refractivity contribution is 5.89. The van der Waals surface area contributed by atoms with Crippen LogP contribution in [0.2, 0.25) is 0 Å². The Morgan fingerprint density at radius 3 is 2.54 bits per heavy atom. The number of nitrogens with one attached hydrogen (secondary N) is 1. The van der Waals surface area contributed by atoms with Gasteiger partial charge in [0, 0.05) is 31.9 Å². The van der Waals surface area contributed by atoms with Gasteiger partial charge in [-0.25, -0.2) is 9.78 Å². The molecule has 0 aliphatic carbocycles. The average molecular weight is 350 g/mol. The molecule has 1 aliphatic rings. The van der Waals surface area contributed by atoms with Crippen molar-refractivity contribution in [2.45, 2.75) is 13.5 Å². The van der Waals surface area contributed by atoms with Crippen LogP contribution in [0.25, 0.3) is 11.1 Å². The number of carbonyl (C=O) groups excluding carboxylic acids is 1. The Kier molecular flexibility index (Phi) is 4.58. The number of aromatic nitrogens is 1. The number of para-hydroxylation sites is 2. The lowest BCUT2D eigenvalue weighted by atomic mass is 10.2. The minimum absolute atomic E-state index is 0.0460. The van der Waals surface area contributed by atoms with E-state index in [4.69, 9.17) is 4.42 Å². The van der Waals surface area contributed by atoms with Crippen molar-refractivity contribution in [3.05, 3.63) is 60.0 Å². The molecule has 1 aliphatic heterocycles. The molecular formula is C20H22N4O2. The number of nitrogens with zero attached hydrogens (tertiary/aromatic N) is 3. The van der Waals surface area contributed by atoms with Crippen LogP contribution in [0, 0.1) is 6.92 Å². The summed E-state index contributed by atoms with van der Waals surface area (Å²) in [6.45, 7) is 5.69. The third kappa shape index (κ3) is 3.70. The molecule has 0 bridgehead atoms. The third-order valence-electron chi connectivity index (χ3n) is 4.66. The third-order valence-corrected chi connectivity index (χ3v) is 4.66. The van der Waals surface area contributed by atoms with E-state index in [1.54, 1.807) is 0 Å². The summed E-state index contributed by atoms with van der Waals surface area (Å²) in [5, 5.41) is 2.96. The lowest BCUT2D eigenvalue weighted by Gasteiger charge is -2.34. The molecule has 1 fully saturated rings. The van der Waals surface area contributed by atoms with Gasteiger partial charge in [-0.2, -0.15) is 0 Å². The number of aryl methyl sites for hydroxylation is 1. The maximum atomic E-state index is 12.4. The van der Waals surface area contributed by atoms with E-state index in [1.165, 1.54) is 5.56 Å². The zero-order chi connectivity index (χ0) is 17.9. The SMILES string of the molecule is Cc1ccc(NC(=O)N2CCN(Cc3nc4ccccc4o3)CC2)cc1. The number of rotatable bonds is 3. The van der Waals surface area contributed by atoms with Crippen molar-refractivity contribution in [2.24, 2.45) is 0 Å². The largest absolute Gasteiger partial charge is 0.439 e. The molecule has 26 heavy (non-hydrogen) atoms. The van der Waals surface area contributed by atoms with Gasteiger partial charge >= 0.3 is 6.03 Å². The zero-order valence-electron chi connectivity index (χ0n) is 14.8. The van der Waals surface area contributed by atoms with Gasteiger partial charge in [0.25, 0.3) is 0 Å². The summed E-state index contributed by atoms with van der Waals surface area (Å²) < 4.78 is 5.79. The summed E-state index contributed by atoms with van der Waals surface area (Å²) in [5.41, 5.74) is 3.71. The Hall–Kier alpha value is -2.86. The van der Waals surface area contributed by atoms with Crippen LogP contribution in [0.4, 0.5) is 10.5 Å². The van der Waals surface area contributed by atoms with Gasteiger partial charge in [0.15, 0.2) is 5.58 Å². The van der Waals surface area contributed by atoms with Crippen LogP contribution >= 0.6 is 0 Å². The minimum Gasteiger partial charge on any atom is -0.439 e. The maximum absolute atomic E-state index is 12.4. The van der Waals surface area contributed by atoms with Crippen molar-refractivity contribution in [1.29, 1.82) is 0 Å². The van der Waals surface area contributed by atoms with Gasteiger partial charge in [-0.15, -0.1) is 0 Å². The van der Waals surface area contributed by atoms with E-state index in [9.17, 15) is 4.79 Å². The van der Waals surface area contributed by atoms with E-state index in [1.807, 2.05) is 60.4 Å². The number of hydrogen-bond donors (Lipinski definition) is 1. The Morgan fingerprint density at radius 1 is 1.08 bits per heavy atom. The van der Waals surface area contributed by atoms with Crippen molar-refractivity contribution in [3.8, 4) is 0 Å². The van der Waals surface area contributed by atoms with Crippen molar-refractivity contribution >= 4 is 22.8 Å². The van der Waals surface area contributed by atoms with Gasteiger partial charge in [0.1, 0.15) is 5.52 Å². The average Bonchev–Trinajstić information content (AvgIpc) is 3.06. The molecule has 1 N–H and O–H groups in total. The van der Waals surface area contributed by atoms with Crippen LogP contribution in [0.3, 0.4) is 0 Å². The molecule has 0 radical (unpaired) electrons. The van der Waals surface area contributed by atoms with E-state index < -0.39 is 0 Å². The molecule has 3 aromatic rings. The summed E-state index contributed by atoms with van der Waals surface area (Å²) >= 11 is 0. The predicted molar refractivity (Wildman–Crippen MR) is 101 cm³/mol. The number of anilines is 1. The number of urea groups is 1. The number of piperazine rings is 1. The second-order valence-electron chi connectivity index (χ2n) is 6.63. The molecule has 0 unspecified atom stereocenters. The van der Waals surface area contributed by atoms with Gasteiger partial charge in [0.2, 0.25) is 5.89 Å². The molecule has 134 valence electrons.